The summed E-state index contributed by atoms with van der Waals surface area (Å²) >= 11 is 5.58. The molecule has 1 heterocycles. The zero-order valence-corrected chi connectivity index (χ0v) is 11.3. The van der Waals surface area contributed by atoms with Crippen LogP contribution in [0.15, 0.2) is 24.4 Å². The lowest BCUT2D eigenvalue weighted by Crippen LogP contribution is -1.99. The van der Waals surface area contributed by atoms with Crippen LogP contribution in [0.3, 0.4) is 0 Å². The van der Waals surface area contributed by atoms with E-state index in [1.807, 2.05) is 0 Å². The zero-order valence-electron chi connectivity index (χ0n) is 10.5. The molecule has 0 atom stereocenters. The van der Waals surface area contributed by atoms with Crippen LogP contribution in [0.5, 0.6) is 11.6 Å². The van der Waals surface area contributed by atoms with Crippen LogP contribution in [0, 0.1) is 27.2 Å². The molecule has 0 aliphatic rings. The molecule has 21 heavy (non-hydrogen) atoms. The highest BCUT2D eigenvalue weighted by atomic mass is 35.5. The molecule has 0 radical (unpaired) electrons. The minimum Gasteiger partial charge on any atom is -0.433 e. The topological polar surface area (TPSA) is 121 Å². The van der Waals surface area contributed by atoms with E-state index in [1.165, 1.54) is 18.2 Å². The zero-order chi connectivity index (χ0) is 15.6. The van der Waals surface area contributed by atoms with E-state index in [1.54, 1.807) is 6.92 Å². The highest BCUT2D eigenvalue weighted by molar-refractivity contribution is 6.28. The first kappa shape index (κ1) is 14.6. The molecule has 0 aliphatic heterocycles. The summed E-state index contributed by atoms with van der Waals surface area (Å²) in [5, 5.41) is 21.3. The molecule has 0 saturated heterocycles. The number of aromatic nitrogens is 2. The maximum Gasteiger partial charge on any atom is 0.349 e. The second kappa shape index (κ2) is 5.67. The fourth-order valence-corrected chi connectivity index (χ4v) is 1.63. The maximum absolute atomic E-state index is 10.9. The molecule has 0 unspecified atom stereocenters. The Morgan fingerprint density at radius 2 is 1.95 bits per heavy atom. The Labute approximate surface area is 122 Å². The Bertz CT molecular complexity index is 737. The molecule has 0 amide bonds. The van der Waals surface area contributed by atoms with Gasteiger partial charge in [0.1, 0.15) is 11.9 Å². The Morgan fingerprint density at radius 1 is 1.24 bits per heavy atom. The second-order valence-electron chi connectivity index (χ2n) is 3.90. The maximum atomic E-state index is 10.9. The number of nitrogens with zero attached hydrogens (tertiary/aromatic N) is 4. The third-order valence-corrected chi connectivity index (χ3v) is 2.66. The van der Waals surface area contributed by atoms with E-state index >= 15 is 0 Å². The predicted octanol–water partition coefficient (Wildman–Crippen LogP) is 3.05. The van der Waals surface area contributed by atoms with E-state index in [2.05, 4.69) is 9.97 Å². The first-order valence-corrected chi connectivity index (χ1v) is 5.86. The summed E-state index contributed by atoms with van der Waals surface area (Å²) in [5.41, 5.74) is -0.152. The van der Waals surface area contributed by atoms with Gasteiger partial charge in [-0.15, -0.1) is 0 Å². The van der Waals surface area contributed by atoms with Crippen LogP contribution in [0.4, 0.5) is 11.4 Å². The van der Waals surface area contributed by atoms with Gasteiger partial charge < -0.3 is 4.74 Å². The second-order valence-corrected chi connectivity index (χ2v) is 4.23. The van der Waals surface area contributed by atoms with Crippen molar-refractivity contribution in [2.45, 2.75) is 6.92 Å². The number of halogens is 1. The summed E-state index contributed by atoms with van der Waals surface area (Å²) in [7, 11) is 0. The van der Waals surface area contributed by atoms with Crippen LogP contribution < -0.4 is 4.74 Å². The van der Waals surface area contributed by atoms with Crippen molar-refractivity contribution >= 4 is 23.0 Å². The number of aryl methyl sites for hydroxylation is 1. The summed E-state index contributed by atoms with van der Waals surface area (Å²) in [6.07, 6.45) is 0.922. The van der Waals surface area contributed by atoms with Gasteiger partial charge in [-0.3, -0.25) is 20.2 Å². The van der Waals surface area contributed by atoms with Crippen molar-refractivity contribution < 1.29 is 14.6 Å². The van der Waals surface area contributed by atoms with Gasteiger partial charge in [0.2, 0.25) is 5.28 Å². The average Bonchev–Trinajstić information content (AvgIpc) is 2.40. The number of hydrogen-bond donors (Lipinski definition) is 0. The molecule has 2 rings (SSSR count). The van der Waals surface area contributed by atoms with Crippen molar-refractivity contribution in [1.29, 1.82) is 0 Å². The third kappa shape index (κ3) is 3.20. The molecule has 2 aromatic rings. The van der Waals surface area contributed by atoms with Gasteiger partial charge in [0, 0.05) is 12.1 Å². The molecule has 0 fully saturated rings. The number of nitro groups is 2. The molecule has 0 spiro atoms. The molecule has 1 aromatic heterocycles. The van der Waals surface area contributed by atoms with Crippen molar-refractivity contribution in [2.75, 3.05) is 0 Å². The monoisotopic (exact) mass is 310 g/mol. The van der Waals surface area contributed by atoms with Crippen molar-refractivity contribution in [3.05, 3.63) is 55.5 Å². The number of hydrogen-bond acceptors (Lipinski definition) is 7. The minimum atomic E-state index is -0.716. The van der Waals surface area contributed by atoms with Gasteiger partial charge in [0.05, 0.1) is 9.85 Å². The molecule has 0 N–H and O–H groups in total. The Hall–Kier alpha value is -2.81. The lowest BCUT2D eigenvalue weighted by molar-refractivity contribution is -0.386. The lowest BCUT2D eigenvalue weighted by atomic mass is 10.2. The van der Waals surface area contributed by atoms with Crippen LogP contribution in [-0.2, 0) is 0 Å². The molecule has 1 aromatic carbocycles. The van der Waals surface area contributed by atoms with Crippen molar-refractivity contribution in [1.82, 2.24) is 9.97 Å². The van der Waals surface area contributed by atoms with Crippen molar-refractivity contribution in [3.8, 4) is 11.6 Å². The van der Waals surface area contributed by atoms with Gasteiger partial charge in [-0.1, -0.05) is 0 Å². The first-order valence-electron chi connectivity index (χ1n) is 5.48. The number of non-ortho nitro benzene ring substituents is 1. The van der Waals surface area contributed by atoms with E-state index < -0.39 is 15.5 Å². The van der Waals surface area contributed by atoms with Crippen LogP contribution in [0.2, 0.25) is 5.28 Å². The summed E-state index contributed by atoms with van der Waals surface area (Å²) < 4.78 is 5.32. The highest BCUT2D eigenvalue weighted by Crippen LogP contribution is 2.32. The van der Waals surface area contributed by atoms with Gasteiger partial charge >= 0.3 is 11.6 Å². The van der Waals surface area contributed by atoms with Gasteiger partial charge in [-0.25, -0.2) is 4.98 Å². The molecule has 0 saturated carbocycles. The van der Waals surface area contributed by atoms with E-state index in [0.717, 1.165) is 6.20 Å². The molecular formula is C11H7ClN4O5. The smallest absolute Gasteiger partial charge is 0.349 e. The highest BCUT2D eigenvalue weighted by Gasteiger charge is 2.20. The van der Waals surface area contributed by atoms with Crippen LogP contribution >= 0.6 is 11.6 Å². The normalized spacial score (nSPS) is 10.2. The fraction of sp³-hybridized carbons (Fsp3) is 0.0909. The lowest BCUT2D eigenvalue weighted by Gasteiger charge is -2.07. The van der Waals surface area contributed by atoms with E-state index in [0.29, 0.717) is 5.56 Å². The first-order chi connectivity index (χ1) is 9.88. The number of benzene rings is 1. The van der Waals surface area contributed by atoms with Crippen LogP contribution in [0.1, 0.15) is 5.56 Å². The number of ether oxygens (including phenoxy) is 1. The standard InChI is InChI=1S/C11H7ClN4O5/c1-6-4-7(15(17)18)2-3-9(6)21-10-8(16(19)20)5-13-11(12)14-10/h2-5H,1H3. The SMILES string of the molecule is Cc1cc([N+](=O)[O-])ccc1Oc1nc(Cl)ncc1[N+](=O)[O-]. The van der Waals surface area contributed by atoms with Gasteiger partial charge in [0.15, 0.2) is 0 Å². The minimum absolute atomic E-state index is 0.116. The number of rotatable bonds is 4. The Kier molecular flexibility index (Phi) is 3.94. The molecular weight excluding hydrogens is 304 g/mol. The molecule has 9 nitrogen and oxygen atoms in total. The fourth-order valence-electron chi connectivity index (χ4n) is 1.51. The Morgan fingerprint density at radius 3 is 2.52 bits per heavy atom. The van der Waals surface area contributed by atoms with Crippen molar-refractivity contribution in [2.24, 2.45) is 0 Å². The van der Waals surface area contributed by atoms with Gasteiger partial charge in [-0.05, 0) is 30.2 Å². The predicted molar refractivity (Wildman–Crippen MR) is 71.6 cm³/mol. The summed E-state index contributed by atoms with van der Waals surface area (Å²) in [4.78, 5) is 27.4. The largest absolute Gasteiger partial charge is 0.433 e. The molecule has 108 valence electrons. The van der Waals surface area contributed by atoms with Crippen LogP contribution in [-0.4, -0.2) is 19.8 Å². The molecule has 0 bridgehead atoms. The van der Waals surface area contributed by atoms with Gasteiger partial charge in [-0.2, -0.15) is 4.98 Å². The summed E-state index contributed by atoms with van der Waals surface area (Å²) in [6.45, 7) is 1.57. The van der Waals surface area contributed by atoms with E-state index in [4.69, 9.17) is 16.3 Å². The molecule has 10 heteroatoms. The van der Waals surface area contributed by atoms with Crippen molar-refractivity contribution in [3.63, 3.8) is 0 Å². The Balaban J connectivity index is 2.40. The van der Waals surface area contributed by atoms with E-state index in [-0.39, 0.29) is 22.6 Å². The third-order valence-electron chi connectivity index (χ3n) is 2.48. The van der Waals surface area contributed by atoms with E-state index in [9.17, 15) is 20.2 Å². The summed E-state index contributed by atoms with van der Waals surface area (Å²) in [6, 6.07) is 3.83. The molecule has 0 aliphatic carbocycles. The quantitative estimate of drug-likeness (QED) is 0.483. The average molecular weight is 311 g/mol. The van der Waals surface area contributed by atoms with Crippen LogP contribution in [0.25, 0.3) is 0 Å². The summed E-state index contributed by atoms with van der Waals surface area (Å²) in [5.74, 6) is -0.143. The number of nitro benzene ring substituents is 1. The van der Waals surface area contributed by atoms with Gasteiger partial charge in [0.25, 0.3) is 5.69 Å².